The molecule has 3 aromatic rings. The zero-order chi connectivity index (χ0) is 15.5. The molecule has 0 unspecified atom stereocenters. The lowest BCUT2D eigenvalue weighted by Gasteiger charge is -2.06. The Morgan fingerprint density at radius 2 is 1.50 bits per heavy atom. The molecule has 0 aliphatic heterocycles. The Morgan fingerprint density at radius 1 is 0.909 bits per heavy atom. The van der Waals surface area contributed by atoms with E-state index in [4.69, 9.17) is 4.42 Å². The van der Waals surface area contributed by atoms with Gasteiger partial charge in [0.25, 0.3) is 0 Å². The third kappa shape index (κ3) is 2.54. The normalized spacial score (nSPS) is 10.4. The lowest BCUT2D eigenvalue weighted by molar-refractivity contribution is 0.100. The fourth-order valence-corrected chi connectivity index (χ4v) is 2.11. The Balaban J connectivity index is 2.14. The predicted molar refractivity (Wildman–Crippen MR) is 82.0 cm³/mol. The summed E-state index contributed by atoms with van der Waals surface area (Å²) >= 11 is 0. The lowest BCUT2D eigenvalue weighted by atomic mass is 10.1. The molecular weight excluding hydrogens is 280 g/mol. The van der Waals surface area contributed by atoms with E-state index in [2.05, 4.69) is 0 Å². The van der Waals surface area contributed by atoms with Gasteiger partial charge in [0.05, 0.1) is 0 Å². The number of aromatic hydroxyl groups is 1. The molecule has 3 rings (SSSR count). The molecule has 0 atom stereocenters. The van der Waals surface area contributed by atoms with Crippen LogP contribution < -0.4 is 5.43 Å². The first-order valence-electron chi connectivity index (χ1n) is 6.69. The van der Waals surface area contributed by atoms with E-state index >= 15 is 0 Å². The molecule has 0 aliphatic carbocycles. The van der Waals surface area contributed by atoms with Crippen LogP contribution in [-0.4, -0.2) is 10.9 Å². The van der Waals surface area contributed by atoms with E-state index < -0.39 is 17.0 Å². The predicted octanol–water partition coefficient (Wildman–Crippen LogP) is 3.24. The summed E-state index contributed by atoms with van der Waals surface area (Å²) in [5.41, 5.74) is 0.345. The number of rotatable bonds is 3. The van der Waals surface area contributed by atoms with Gasteiger partial charge in [0.2, 0.25) is 22.7 Å². The molecule has 2 aromatic carbocycles. The molecule has 0 spiro atoms. The number of carbonyl (C=O) groups excluding carboxylic acids is 1. The van der Waals surface area contributed by atoms with E-state index in [1.165, 1.54) is 6.07 Å². The van der Waals surface area contributed by atoms with Crippen LogP contribution in [0.5, 0.6) is 5.75 Å². The Morgan fingerprint density at radius 3 is 2.14 bits per heavy atom. The van der Waals surface area contributed by atoms with Gasteiger partial charge in [-0.1, -0.05) is 60.7 Å². The number of hydrogen-bond acceptors (Lipinski definition) is 4. The Labute approximate surface area is 126 Å². The van der Waals surface area contributed by atoms with Gasteiger partial charge in [-0.05, 0) is 0 Å². The van der Waals surface area contributed by atoms with Crippen molar-refractivity contribution in [2.75, 3.05) is 0 Å². The minimum absolute atomic E-state index is 0.239. The van der Waals surface area contributed by atoms with Gasteiger partial charge >= 0.3 is 0 Å². The Bertz CT molecular complexity index is 865. The highest BCUT2D eigenvalue weighted by atomic mass is 16.4. The molecule has 1 N–H and O–H groups in total. The zero-order valence-corrected chi connectivity index (χ0v) is 11.5. The topological polar surface area (TPSA) is 67.5 Å². The number of carbonyl (C=O) groups is 1. The van der Waals surface area contributed by atoms with Crippen molar-refractivity contribution in [3.63, 3.8) is 0 Å². The first kappa shape index (κ1) is 13.8. The smallest absolute Gasteiger partial charge is 0.232 e. The maximum absolute atomic E-state index is 12.4. The van der Waals surface area contributed by atoms with Gasteiger partial charge in [0, 0.05) is 17.2 Å². The minimum atomic E-state index is -0.673. The molecule has 1 aromatic heterocycles. The minimum Gasteiger partial charge on any atom is -0.501 e. The van der Waals surface area contributed by atoms with Crippen LogP contribution in [-0.2, 0) is 0 Å². The van der Waals surface area contributed by atoms with Crippen LogP contribution in [0.3, 0.4) is 0 Å². The van der Waals surface area contributed by atoms with Gasteiger partial charge in [-0.2, -0.15) is 0 Å². The van der Waals surface area contributed by atoms with Gasteiger partial charge in [-0.3, -0.25) is 9.59 Å². The van der Waals surface area contributed by atoms with Crippen molar-refractivity contribution in [1.29, 1.82) is 0 Å². The third-order valence-electron chi connectivity index (χ3n) is 3.22. The Hall–Kier alpha value is -3.14. The molecule has 108 valence electrons. The summed E-state index contributed by atoms with van der Waals surface area (Å²) in [4.78, 5) is 24.3. The van der Waals surface area contributed by atoms with E-state index in [-0.39, 0.29) is 11.5 Å². The molecule has 1 heterocycles. The van der Waals surface area contributed by atoms with Gasteiger partial charge in [0.15, 0.2) is 0 Å². The highest BCUT2D eigenvalue weighted by Gasteiger charge is 2.20. The van der Waals surface area contributed by atoms with Gasteiger partial charge in [-0.25, -0.2) is 0 Å². The summed E-state index contributed by atoms with van der Waals surface area (Å²) in [6.07, 6.45) is 0. The fraction of sp³-hybridized carbons (Fsp3) is 0. The zero-order valence-electron chi connectivity index (χ0n) is 11.5. The summed E-state index contributed by atoms with van der Waals surface area (Å²) in [5.74, 6) is -1.32. The second-order valence-electron chi connectivity index (χ2n) is 4.71. The summed E-state index contributed by atoms with van der Waals surface area (Å²) in [6.45, 7) is 0. The van der Waals surface area contributed by atoms with E-state index in [1.807, 2.05) is 6.07 Å². The molecule has 4 nitrogen and oxygen atoms in total. The fourth-order valence-electron chi connectivity index (χ4n) is 2.11. The Kier molecular flexibility index (Phi) is 3.58. The summed E-state index contributed by atoms with van der Waals surface area (Å²) in [5, 5.41) is 9.87. The molecule has 4 heteroatoms. The lowest BCUT2D eigenvalue weighted by Crippen LogP contribution is -2.09. The molecule has 0 bridgehead atoms. The molecule has 0 saturated carbocycles. The van der Waals surface area contributed by atoms with Gasteiger partial charge < -0.3 is 9.52 Å². The number of ketones is 1. The van der Waals surface area contributed by atoms with E-state index in [9.17, 15) is 14.7 Å². The highest BCUT2D eigenvalue weighted by molar-refractivity contribution is 6.08. The van der Waals surface area contributed by atoms with Gasteiger partial charge in [-0.15, -0.1) is 0 Å². The first-order chi connectivity index (χ1) is 10.7. The van der Waals surface area contributed by atoms with Crippen molar-refractivity contribution >= 4 is 5.78 Å². The molecular formula is C18H12O4. The average Bonchev–Trinajstić information content (AvgIpc) is 2.58. The van der Waals surface area contributed by atoms with Crippen LogP contribution in [0.1, 0.15) is 16.1 Å². The van der Waals surface area contributed by atoms with Crippen molar-refractivity contribution in [2.45, 2.75) is 0 Å². The number of benzene rings is 2. The second kappa shape index (κ2) is 5.69. The molecule has 0 saturated heterocycles. The molecule has 0 amide bonds. The van der Waals surface area contributed by atoms with Crippen molar-refractivity contribution in [3.05, 3.63) is 88.3 Å². The molecule has 0 radical (unpaired) electrons. The quantitative estimate of drug-likeness (QED) is 0.752. The summed E-state index contributed by atoms with van der Waals surface area (Å²) in [6, 6.07) is 18.5. The largest absolute Gasteiger partial charge is 0.501 e. The maximum atomic E-state index is 12.4. The first-order valence-corrected chi connectivity index (χ1v) is 6.69. The molecule has 22 heavy (non-hydrogen) atoms. The third-order valence-corrected chi connectivity index (χ3v) is 3.22. The van der Waals surface area contributed by atoms with Crippen LogP contribution in [0.25, 0.3) is 11.3 Å². The SMILES string of the molecule is O=C(c1ccccc1)c1oc(-c2ccccc2)cc(=O)c1O. The summed E-state index contributed by atoms with van der Waals surface area (Å²) < 4.78 is 5.49. The van der Waals surface area contributed by atoms with Crippen molar-refractivity contribution in [2.24, 2.45) is 0 Å². The van der Waals surface area contributed by atoms with Crippen molar-refractivity contribution < 1.29 is 14.3 Å². The highest BCUT2D eigenvalue weighted by Crippen LogP contribution is 2.24. The molecule has 0 aliphatic rings. The van der Waals surface area contributed by atoms with Gasteiger partial charge in [0.1, 0.15) is 5.76 Å². The second-order valence-corrected chi connectivity index (χ2v) is 4.71. The van der Waals surface area contributed by atoms with Crippen LogP contribution in [0, 0.1) is 0 Å². The van der Waals surface area contributed by atoms with Crippen LogP contribution in [0.4, 0.5) is 0 Å². The van der Waals surface area contributed by atoms with E-state index in [0.29, 0.717) is 11.1 Å². The van der Waals surface area contributed by atoms with Crippen molar-refractivity contribution in [3.8, 4) is 17.1 Å². The van der Waals surface area contributed by atoms with E-state index in [0.717, 1.165) is 0 Å². The van der Waals surface area contributed by atoms with Crippen LogP contribution in [0.15, 0.2) is 75.9 Å². The van der Waals surface area contributed by atoms with Crippen LogP contribution >= 0.6 is 0 Å². The molecule has 0 fully saturated rings. The maximum Gasteiger partial charge on any atom is 0.232 e. The number of hydrogen-bond donors (Lipinski definition) is 1. The van der Waals surface area contributed by atoms with Crippen LogP contribution in [0.2, 0.25) is 0 Å². The standard InChI is InChI=1S/C18H12O4/c19-14-11-15(12-7-3-1-4-8-12)22-18(17(14)21)16(20)13-9-5-2-6-10-13/h1-11,21H. The van der Waals surface area contributed by atoms with E-state index in [1.54, 1.807) is 54.6 Å². The monoisotopic (exact) mass is 292 g/mol. The summed E-state index contributed by atoms with van der Waals surface area (Å²) in [7, 11) is 0. The van der Waals surface area contributed by atoms with Crippen molar-refractivity contribution in [1.82, 2.24) is 0 Å². The average molecular weight is 292 g/mol.